The van der Waals surface area contributed by atoms with Gasteiger partial charge < -0.3 is 10.2 Å². The zero-order valence-electron chi connectivity index (χ0n) is 11.6. The van der Waals surface area contributed by atoms with Crippen molar-refractivity contribution in [1.29, 1.82) is 0 Å². The number of nitrogens with one attached hydrogen (secondary N) is 1. The van der Waals surface area contributed by atoms with E-state index in [0.29, 0.717) is 13.1 Å². The molecule has 0 spiro atoms. The van der Waals surface area contributed by atoms with E-state index in [1.165, 1.54) is 23.1 Å². The van der Waals surface area contributed by atoms with E-state index >= 15 is 0 Å². The van der Waals surface area contributed by atoms with Gasteiger partial charge in [-0.2, -0.15) is 13.2 Å². The zero-order chi connectivity index (χ0) is 15.2. The minimum Gasteiger partial charge on any atom is -0.325 e. The fourth-order valence-electron chi connectivity index (χ4n) is 1.89. The van der Waals surface area contributed by atoms with E-state index in [0.717, 1.165) is 18.9 Å². The first-order valence-corrected chi connectivity index (χ1v) is 6.62. The highest BCUT2D eigenvalue weighted by atomic mass is 19.4. The highest BCUT2D eigenvalue weighted by Crippen LogP contribution is 2.34. The van der Waals surface area contributed by atoms with E-state index in [-0.39, 0.29) is 5.69 Å². The van der Waals surface area contributed by atoms with Crippen molar-refractivity contribution in [1.82, 2.24) is 4.90 Å². The van der Waals surface area contributed by atoms with Crippen LogP contribution in [-0.4, -0.2) is 24.0 Å². The lowest BCUT2D eigenvalue weighted by Crippen LogP contribution is -2.36. The summed E-state index contributed by atoms with van der Waals surface area (Å²) >= 11 is 0. The van der Waals surface area contributed by atoms with Crippen molar-refractivity contribution in [3.63, 3.8) is 0 Å². The quantitative estimate of drug-likeness (QED) is 0.857. The van der Waals surface area contributed by atoms with Crippen molar-refractivity contribution in [2.75, 3.05) is 18.4 Å². The molecule has 0 fully saturated rings. The summed E-state index contributed by atoms with van der Waals surface area (Å²) in [5, 5.41) is 2.35. The maximum absolute atomic E-state index is 12.8. The molecular weight excluding hydrogens is 269 g/mol. The van der Waals surface area contributed by atoms with Crippen LogP contribution in [0.3, 0.4) is 0 Å². The highest BCUT2D eigenvalue weighted by Gasteiger charge is 2.33. The molecule has 20 heavy (non-hydrogen) atoms. The number of alkyl halides is 3. The van der Waals surface area contributed by atoms with Crippen LogP contribution in [-0.2, 0) is 6.18 Å². The lowest BCUT2D eigenvalue weighted by atomic mass is 10.1. The third-order valence-corrected chi connectivity index (χ3v) is 2.75. The number of amides is 2. The average Bonchev–Trinajstić information content (AvgIpc) is 2.38. The maximum Gasteiger partial charge on any atom is 0.418 e. The van der Waals surface area contributed by atoms with Gasteiger partial charge in [0.25, 0.3) is 0 Å². The molecule has 1 rings (SSSR count). The Hall–Kier alpha value is -1.72. The molecule has 1 aromatic rings. The Balaban J connectivity index is 2.89. The SMILES string of the molecule is CCCN(CCC)C(=O)Nc1ccccc1C(F)(F)F. The Morgan fingerprint density at radius 3 is 2.20 bits per heavy atom. The number of carbonyl (C=O) groups is 1. The van der Waals surface area contributed by atoms with Crippen LogP contribution in [0.1, 0.15) is 32.3 Å². The third kappa shape index (κ3) is 4.43. The molecule has 112 valence electrons. The summed E-state index contributed by atoms with van der Waals surface area (Å²) in [6, 6.07) is 4.49. The predicted molar refractivity (Wildman–Crippen MR) is 72.6 cm³/mol. The standard InChI is InChI=1S/C14H19F3N2O/c1-3-9-19(10-4-2)13(20)18-12-8-6-5-7-11(12)14(15,16)17/h5-8H,3-4,9-10H2,1-2H3,(H,18,20). The van der Waals surface area contributed by atoms with Crippen LogP contribution in [0.2, 0.25) is 0 Å². The molecule has 0 saturated carbocycles. The predicted octanol–water partition coefficient (Wildman–Crippen LogP) is 4.36. The smallest absolute Gasteiger partial charge is 0.325 e. The molecule has 0 bridgehead atoms. The number of halogens is 3. The van der Waals surface area contributed by atoms with Crippen LogP contribution in [0.4, 0.5) is 23.7 Å². The fourth-order valence-corrected chi connectivity index (χ4v) is 1.89. The minimum atomic E-state index is -4.48. The Kier molecular flexibility index (Phi) is 5.85. The van der Waals surface area contributed by atoms with E-state index < -0.39 is 17.8 Å². The largest absolute Gasteiger partial charge is 0.418 e. The van der Waals surface area contributed by atoms with Gasteiger partial charge in [-0.05, 0) is 25.0 Å². The molecule has 0 saturated heterocycles. The van der Waals surface area contributed by atoms with Crippen LogP contribution < -0.4 is 5.32 Å². The number of nitrogens with zero attached hydrogens (tertiary/aromatic N) is 1. The lowest BCUT2D eigenvalue weighted by Gasteiger charge is -2.23. The Morgan fingerprint density at radius 1 is 1.15 bits per heavy atom. The number of para-hydroxylation sites is 1. The van der Waals surface area contributed by atoms with Crippen molar-refractivity contribution >= 4 is 11.7 Å². The van der Waals surface area contributed by atoms with Crippen LogP contribution in [0.15, 0.2) is 24.3 Å². The molecule has 0 aliphatic rings. The molecule has 6 heteroatoms. The summed E-state index contributed by atoms with van der Waals surface area (Å²) in [4.78, 5) is 13.5. The summed E-state index contributed by atoms with van der Waals surface area (Å²) in [6.45, 7) is 4.88. The van der Waals surface area contributed by atoms with Crippen LogP contribution in [0.5, 0.6) is 0 Å². The number of benzene rings is 1. The van der Waals surface area contributed by atoms with Gasteiger partial charge in [-0.25, -0.2) is 4.79 Å². The number of rotatable bonds is 5. The molecule has 0 unspecified atom stereocenters. The molecule has 0 aliphatic heterocycles. The topological polar surface area (TPSA) is 32.3 Å². The van der Waals surface area contributed by atoms with E-state index in [4.69, 9.17) is 0 Å². The molecule has 0 aromatic heterocycles. The number of anilines is 1. The second-order valence-corrected chi connectivity index (χ2v) is 4.46. The van der Waals surface area contributed by atoms with Gasteiger partial charge in [0.2, 0.25) is 0 Å². The first kappa shape index (κ1) is 16.3. The second-order valence-electron chi connectivity index (χ2n) is 4.46. The molecular formula is C14H19F3N2O. The molecule has 1 aromatic carbocycles. The molecule has 0 atom stereocenters. The Morgan fingerprint density at radius 2 is 1.70 bits per heavy atom. The lowest BCUT2D eigenvalue weighted by molar-refractivity contribution is -0.136. The van der Waals surface area contributed by atoms with Crippen molar-refractivity contribution in [2.45, 2.75) is 32.9 Å². The van der Waals surface area contributed by atoms with Gasteiger partial charge in [0.05, 0.1) is 11.3 Å². The van der Waals surface area contributed by atoms with Gasteiger partial charge in [-0.1, -0.05) is 26.0 Å². The average molecular weight is 288 g/mol. The Bertz CT molecular complexity index is 440. The molecule has 0 heterocycles. The van der Waals surface area contributed by atoms with E-state index in [9.17, 15) is 18.0 Å². The number of carbonyl (C=O) groups excluding carboxylic acids is 1. The van der Waals surface area contributed by atoms with E-state index in [1.54, 1.807) is 0 Å². The molecule has 3 nitrogen and oxygen atoms in total. The first-order valence-electron chi connectivity index (χ1n) is 6.62. The van der Waals surface area contributed by atoms with Gasteiger partial charge in [0, 0.05) is 13.1 Å². The summed E-state index contributed by atoms with van der Waals surface area (Å²) < 4.78 is 38.5. The van der Waals surface area contributed by atoms with Crippen LogP contribution >= 0.6 is 0 Å². The Labute approximate surface area is 116 Å². The second kappa shape index (κ2) is 7.17. The molecule has 1 N–H and O–H groups in total. The fraction of sp³-hybridized carbons (Fsp3) is 0.500. The summed E-state index contributed by atoms with van der Waals surface area (Å²) in [5.74, 6) is 0. The van der Waals surface area contributed by atoms with Crippen molar-refractivity contribution in [2.24, 2.45) is 0 Å². The van der Waals surface area contributed by atoms with Crippen molar-refractivity contribution < 1.29 is 18.0 Å². The minimum absolute atomic E-state index is 0.206. The normalized spacial score (nSPS) is 11.2. The summed E-state index contributed by atoms with van der Waals surface area (Å²) in [5.41, 5.74) is -1.04. The van der Waals surface area contributed by atoms with Gasteiger partial charge in [0.15, 0.2) is 0 Å². The third-order valence-electron chi connectivity index (χ3n) is 2.75. The number of hydrogen-bond donors (Lipinski definition) is 1. The van der Waals surface area contributed by atoms with Gasteiger partial charge >= 0.3 is 12.2 Å². The summed E-state index contributed by atoms with van der Waals surface area (Å²) in [7, 11) is 0. The van der Waals surface area contributed by atoms with Gasteiger partial charge in [-0.3, -0.25) is 0 Å². The van der Waals surface area contributed by atoms with E-state index in [2.05, 4.69) is 5.32 Å². The molecule has 2 amide bonds. The monoisotopic (exact) mass is 288 g/mol. The highest BCUT2D eigenvalue weighted by molar-refractivity contribution is 5.90. The zero-order valence-corrected chi connectivity index (χ0v) is 11.6. The maximum atomic E-state index is 12.8. The number of urea groups is 1. The van der Waals surface area contributed by atoms with E-state index in [1.807, 2.05) is 13.8 Å². The molecule has 0 radical (unpaired) electrons. The summed E-state index contributed by atoms with van der Waals surface area (Å²) in [6.07, 6.45) is -2.97. The first-order chi connectivity index (χ1) is 9.40. The van der Waals surface area contributed by atoms with Gasteiger partial charge in [0.1, 0.15) is 0 Å². The van der Waals surface area contributed by atoms with Crippen molar-refractivity contribution in [3.05, 3.63) is 29.8 Å². The van der Waals surface area contributed by atoms with Crippen LogP contribution in [0, 0.1) is 0 Å². The van der Waals surface area contributed by atoms with Crippen molar-refractivity contribution in [3.8, 4) is 0 Å². The van der Waals surface area contributed by atoms with Crippen LogP contribution in [0.25, 0.3) is 0 Å². The van der Waals surface area contributed by atoms with Gasteiger partial charge in [-0.15, -0.1) is 0 Å². The molecule has 0 aliphatic carbocycles. The number of hydrogen-bond acceptors (Lipinski definition) is 1.